The summed E-state index contributed by atoms with van der Waals surface area (Å²) in [7, 11) is 0. The van der Waals surface area contributed by atoms with E-state index in [-0.39, 0.29) is 5.78 Å². The summed E-state index contributed by atoms with van der Waals surface area (Å²) >= 11 is 1.58. The number of rotatable bonds is 6. The first-order chi connectivity index (χ1) is 7.13. The summed E-state index contributed by atoms with van der Waals surface area (Å²) in [5.41, 5.74) is 0. The van der Waals surface area contributed by atoms with Crippen molar-refractivity contribution < 1.29 is 4.79 Å². The lowest BCUT2D eigenvalue weighted by molar-refractivity contribution is 0.0985. The molecule has 0 radical (unpaired) electrons. The highest BCUT2D eigenvalue weighted by atomic mass is 32.1. The maximum atomic E-state index is 11.7. The van der Waals surface area contributed by atoms with E-state index in [1.165, 1.54) is 4.88 Å². The lowest BCUT2D eigenvalue weighted by atomic mass is 10.2. The standard InChI is InChI=1S/C12H19NOS/c1-4-9(2)13-8-7-11(14)12-6-5-10(3)15-12/h5-6,9,13H,4,7-8H2,1-3H3. The van der Waals surface area contributed by atoms with E-state index in [9.17, 15) is 4.79 Å². The number of carbonyl (C=O) groups excluding carboxylic acids is 1. The highest BCUT2D eigenvalue weighted by Gasteiger charge is 2.08. The fourth-order valence-corrected chi connectivity index (χ4v) is 2.12. The molecule has 84 valence electrons. The quantitative estimate of drug-likeness (QED) is 0.754. The van der Waals surface area contributed by atoms with Crippen LogP contribution < -0.4 is 5.32 Å². The zero-order valence-corrected chi connectivity index (χ0v) is 10.5. The average Bonchev–Trinajstić information content (AvgIpc) is 2.64. The second-order valence-electron chi connectivity index (χ2n) is 3.85. The maximum Gasteiger partial charge on any atom is 0.174 e. The highest BCUT2D eigenvalue weighted by Crippen LogP contribution is 2.16. The number of ketones is 1. The monoisotopic (exact) mass is 225 g/mol. The van der Waals surface area contributed by atoms with Gasteiger partial charge in [0.1, 0.15) is 0 Å². The summed E-state index contributed by atoms with van der Waals surface area (Å²) in [5, 5.41) is 3.32. The van der Waals surface area contributed by atoms with Crippen molar-refractivity contribution in [2.45, 2.75) is 39.7 Å². The summed E-state index contributed by atoms with van der Waals surface area (Å²) in [5.74, 6) is 0.254. The number of hydrogen-bond acceptors (Lipinski definition) is 3. The van der Waals surface area contributed by atoms with Crippen molar-refractivity contribution >= 4 is 17.1 Å². The number of aryl methyl sites for hydroxylation is 1. The molecule has 0 aromatic carbocycles. The molecule has 1 heterocycles. The van der Waals surface area contributed by atoms with Gasteiger partial charge in [0.05, 0.1) is 4.88 Å². The van der Waals surface area contributed by atoms with E-state index in [1.54, 1.807) is 11.3 Å². The SMILES string of the molecule is CCC(C)NCCC(=O)c1ccc(C)s1. The Balaban J connectivity index is 2.31. The highest BCUT2D eigenvalue weighted by molar-refractivity contribution is 7.14. The molecular formula is C12H19NOS. The zero-order chi connectivity index (χ0) is 11.3. The Labute approximate surface area is 95.7 Å². The molecule has 1 N–H and O–H groups in total. The molecule has 15 heavy (non-hydrogen) atoms. The van der Waals surface area contributed by atoms with Crippen molar-refractivity contribution in [3.05, 3.63) is 21.9 Å². The predicted molar refractivity (Wildman–Crippen MR) is 65.8 cm³/mol. The van der Waals surface area contributed by atoms with Gasteiger partial charge in [0, 0.05) is 23.9 Å². The first-order valence-electron chi connectivity index (χ1n) is 5.46. The second kappa shape index (κ2) is 6.03. The summed E-state index contributed by atoms with van der Waals surface area (Å²) in [4.78, 5) is 13.8. The van der Waals surface area contributed by atoms with Gasteiger partial charge in [-0.1, -0.05) is 6.92 Å². The Morgan fingerprint density at radius 1 is 1.53 bits per heavy atom. The van der Waals surface area contributed by atoms with Crippen molar-refractivity contribution in [2.75, 3.05) is 6.54 Å². The van der Waals surface area contributed by atoms with Crippen molar-refractivity contribution in [3.63, 3.8) is 0 Å². The van der Waals surface area contributed by atoms with E-state index in [1.807, 2.05) is 19.1 Å². The molecule has 0 aliphatic heterocycles. The van der Waals surface area contributed by atoms with Crippen LogP contribution in [0.5, 0.6) is 0 Å². The van der Waals surface area contributed by atoms with E-state index < -0.39 is 0 Å². The molecule has 2 nitrogen and oxygen atoms in total. The number of Topliss-reactive ketones (excluding diaryl/α,β-unsaturated/α-hetero) is 1. The Morgan fingerprint density at radius 3 is 2.80 bits per heavy atom. The van der Waals surface area contributed by atoms with Gasteiger partial charge in [-0.3, -0.25) is 4.79 Å². The van der Waals surface area contributed by atoms with Gasteiger partial charge in [0.15, 0.2) is 5.78 Å². The Kier molecular flexibility index (Phi) is 4.99. The third kappa shape index (κ3) is 4.14. The number of hydrogen-bond donors (Lipinski definition) is 1. The second-order valence-corrected chi connectivity index (χ2v) is 5.13. The van der Waals surface area contributed by atoms with E-state index in [0.29, 0.717) is 12.5 Å². The molecule has 1 atom stereocenters. The van der Waals surface area contributed by atoms with Crippen LogP contribution in [0.25, 0.3) is 0 Å². The zero-order valence-electron chi connectivity index (χ0n) is 9.67. The van der Waals surface area contributed by atoms with Gasteiger partial charge < -0.3 is 5.32 Å². The van der Waals surface area contributed by atoms with Gasteiger partial charge in [0.25, 0.3) is 0 Å². The largest absolute Gasteiger partial charge is 0.314 e. The van der Waals surface area contributed by atoms with Gasteiger partial charge in [-0.05, 0) is 32.4 Å². The van der Waals surface area contributed by atoms with E-state index in [4.69, 9.17) is 0 Å². The fraction of sp³-hybridized carbons (Fsp3) is 0.583. The van der Waals surface area contributed by atoms with Crippen molar-refractivity contribution in [3.8, 4) is 0 Å². The molecule has 1 unspecified atom stereocenters. The maximum absolute atomic E-state index is 11.7. The van der Waals surface area contributed by atoms with Gasteiger partial charge in [-0.25, -0.2) is 0 Å². The molecule has 1 rings (SSSR count). The molecular weight excluding hydrogens is 206 g/mol. The molecule has 1 aromatic heterocycles. The molecule has 0 saturated heterocycles. The van der Waals surface area contributed by atoms with Crippen molar-refractivity contribution in [1.29, 1.82) is 0 Å². The third-order valence-corrected chi connectivity index (χ3v) is 3.51. The summed E-state index contributed by atoms with van der Waals surface area (Å²) < 4.78 is 0. The van der Waals surface area contributed by atoms with Crippen molar-refractivity contribution in [1.82, 2.24) is 5.32 Å². The van der Waals surface area contributed by atoms with Gasteiger partial charge >= 0.3 is 0 Å². The molecule has 0 bridgehead atoms. The molecule has 0 spiro atoms. The molecule has 0 aliphatic rings. The van der Waals surface area contributed by atoms with Crippen LogP contribution in [-0.2, 0) is 0 Å². The van der Waals surface area contributed by atoms with Crippen LogP contribution in [0.2, 0.25) is 0 Å². The molecule has 0 amide bonds. The molecule has 0 saturated carbocycles. The predicted octanol–water partition coefficient (Wildman–Crippen LogP) is 3.02. The Bertz CT molecular complexity index is 319. The lowest BCUT2D eigenvalue weighted by Gasteiger charge is -2.09. The van der Waals surface area contributed by atoms with Gasteiger partial charge in [0.2, 0.25) is 0 Å². The first-order valence-corrected chi connectivity index (χ1v) is 6.28. The van der Waals surface area contributed by atoms with Crippen LogP contribution in [-0.4, -0.2) is 18.4 Å². The van der Waals surface area contributed by atoms with E-state index in [2.05, 4.69) is 19.2 Å². The molecule has 0 fully saturated rings. The normalized spacial score (nSPS) is 12.7. The van der Waals surface area contributed by atoms with Crippen LogP contribution in [0.4, 0.5) is 0 Å². The van der Waals surface area contributed by atoms with Gasteiger partial charge in [-0.2, -0.15) is 0 Å². The van der Waals surface area contributed by atoms with Gasteiger partial charge in [-0.15, -0.1) is 11.3 Å². The number of nitrogens with one attached hydrogen (secondary N) is 1. The minimum absolute atomic E-state index is 0.254. The Morgan fingerprint density at radius 2 is 2.27 bits per heavy atom. The van der Waals surface area contributed by atoms with Crippen LogP contribution in [0.15, 0.2) is 12.1 Å². The Hall–Kier alpha value is -0.670. The summed E-state index contributed by atoms with van der Waals surface area (Å²) in [6.45, 7) is 7.09. The van der Waals surface area contributed by atoms with E-state index in [0.717, 1.165) is 17.8 Å². The molecule has 1 aromatic rings. The number of carbonyl (C=O) groups is 1. The smallest absolute Gasteiger partial charge is 0.174 e. The van der Waals surface area contributed by atoms with E-state index >= 15 is 0 Å². The molecule has 3 heteroatoms. The van der Waals surface area contributed by atoms with Crippen LogP contribution in [0, 0.1) is 6.92 Å². The molecule has 0 aliphatic carbocycles. The van der Waals surface area contributed by atoms with Crippen LogP contribution in [0.1, 0.15) is 41.2 Å². The van der Waals surface area contributed by atoms with Crippen LogP contribution in [0.3, 0.4) is 0 Å². The average molecular weight is 225 g/mol. The van der Waals surface area contributed by atoms with Crippen LogP contribution >= 0.6 is 11.3 Å². The fourth-order valence-electron chi connectivity index (χ4n) is 1.28. The number of thiophene rings is 1. The lowest BCUT2D eigenvalue weighted by Crippen LogP contribution is -2.27. The summed E-state index contributed by atoms with van der Waals surface area (Å²) in [6, 6.07) is 4.42. The third-order valence-electron chi connectivity index (χ3n) is 2.47. The first kappa shape index (κ1) is 12.4. The minimum Gasteiger partial charge on any atom is -0.314 e. The minimum atomic E-state index is 0.254. The van der Waals surface area contributed by atoms with Crippen molar-refractivity contribution in [2.24, 2.45) is 0 Å². The summed E-state index contributed by atoms with van der Waals surface area (Å²) in [6.07, 6.45) is 1.70. The topological polar surface area (TPSA) is 29.1 Å².